The molecule has 0 aliphatic carbocycles. The first-order valence-corrected chi connectivity index (χ1v) is 15.9. The third-order valence-electron chi connectivity index (χ3n) is 7.37. The fourth-order valence-corrected chi connectivity index (χ4v) is 6.58. The SMILES string of the molecule is CCN(Cc1ccccc1)c1ccc(C=Nn2c(-c3cccs3)csc2=Nc2c(C)n(C)n(-c3ccccc3)c2=O)cc1. The standard InChI is InChI=1S/C34H32N6OS2/c1-4-38(23-27-12-7-5-8-13-27)28-19-17-26(18-20-28)22-35-39-30(31-16-11-21-42-31)24-43-34(39)36-32-25(2)37(3)40(33(32)41)29-14-9-6-10-15-29/h5-22,24H,4,23H2,1-3H3. The van der Waals surface area contributed by atoms with Crippen LogP contribution in [-0.2, 0) is 13.6 Å². The van der Waals surface area contributed by atoms with Gasteiger partial charge in [-0.25, -0.2) is 14.4 Å². The molecule has 0 saturated carbocycles. The summed E-state index contributed by atoms with van der Waals surface area (Å²) in [7, 11) is 1.88. The fourth-order valence-electron chi connectivity index (χ4n) is 4.95. The highest BCUT2D eigenvalue weighted by molar-refractivity contribution is 7.14. The van der Waals surface area contributed by atoms with Crippen molar-refractivity contribution >= 4 is 40.3 Å². The predicted octanol–water partition coefficient (Wildman–Crippen LogP) is 7.22. The van der Waals surface area contributed by atoms with Crippen molar-refractivity contribution in [1.82, 2.24) is 14.0 Å². The first kappa shape index (κ1) is 28.4. The molecule has 6 rings (SSSR count). The summed E-state index contributed by atoms with van der Waals surface area (Å²) in [5.74, 6) is 0. The van der Waals surface area contributed by atoms with E-state index in [4.69, 9.17) is 10.1 Å². The lowest BCUT2D eigenvalue weighted by Crippen LogP contribution is -2.21. The summed E-state index contributed by atoms with van der Waals surface area (Å²) < 4.78 is 5.32. The Morgan fingerprint density at radius 3 is 2.28 bits per heavy atom. The number of nitrogens with zero attached hydrogens (tertiary/aromatic N) is 6. The Kier molecular flexibility index (Phi) is 8.35. The summed E-state index contributed by atoms with van der Waals surface area (Å²) in [6.07, 6.45) is 1.85. The highest BCUT2D eigenvalue weighted by atomic mass is 32.1. The quantitative estimate of drug-likeness (QED) is 0.164. The van der Waals surface area contributed by atoms with E-state index in [9.17, 15) is 4.79 Å². The van der Waals surface area contributed by atoms with Crippen LogP contribution in [-0.4, -0.2) is 26.8 Å². The Balaban J connectivity index is 1.35. The summed E-state index contributed by atoms with van der Waals surface area (Å²) in [4.78, 5) is 22.5. The van der Waals surface area contributed by atoms with E-state index < -0.39 is 0 Å². The van der Waals surface area contributed by atoms with E-state index in [2.05, 4.69) is 66.4 Å². The second kappa shape index (κ2) is 12.6. The van der Waals surface area contributed by atoms with Crippen LogP contribution < -0.4 is 15.3 Å². The van der Waals surface area contributed by atoms with Gasteiger partial charge in [0.2, 0.25) is 4.80 Å². The molecule has 0 unspecified atom stereocenters. The molecule has 43 heavy (non-hydrogen) atoms. The minimum absolute atomic E-state index is 0.167. The normalized spacial score (nSPS) is 11.9. The van der Waals surface area contributed by atoms with Gasteiger partial charge < -0.3 is 4.90 Å². The summed E-state index contributed by atoms with van der Waals surface area (Å²) in [6.45, 7) is 5.86. The Labute approximate surface area is 258 Å². The van der Waals surface area contributed by atoms with Crippen LogP contribution in [0.2, 0.25) is 0 Å². The van der Waals surface area contributed by atoms with Crippen molar-refractivity contribution in [1.29, 1.82) is 0 Å². The van der Waals surface area contributed by atoms with Crippen LogP contribution in [0, 0.1) is 6.92 Å². The molecule has 7 nitrogen and oxygen atoms in total. The number of anilines is 1. The molecular weight excluding hydrogens is 573 g/mol. The second-order valence-corrected chi connectivity index (χ2v) is 11.8. The van der Waals surface area contributed by atoms with Gasteiger partial charge in [-0.15, -0.1) is 22.7 Å². The molecule has 216 valence electrons. The predicted molar refractivity (Wildman–Crippen MR) is 179 cm³/mol. The fraction of sp³-hybridized carbons (Fsp3) is 0.147. The van der Waals surface area contributed by atoms with Crippen molar-refractivity contribution in [2.75, 3.05) is 11.4 Å². The van der Waals surface area contributed by atoms with Gasteiger partial charge in [-0.1, -0.05) is 66.7 Å². The molecule has 3 aromatic carbocycles. The summed E-state index contributed by atoms with van der Waals surface area (Å²) in [6, 6.07) is 32.7. The van der Waals surface area contributed by atoms with Gasteiger partial charge >= 0.3 is 0 Å². The molecular formula is C34H32N6OS2. The zero-order valence-corrected chi connectivity index (χ0v) is 25.9. The maximum atomic E-state index is 13.6. The highest BCUT2D eigenvalue weighted by Crippen LogP contribution is 2.26. The molecule has 3 heterocycles. The second-order valence-electron chi connectivity index (χ2n) is 10.1. The number of hydrogen-bond donors (Lipinski definition) is 0. The van der Waals surface area contributed by atoms with Gasteiger partial charge in [0.1, 0.15) is 0 Å². The van der Waals surface area contributed by atoms with Gasteiger partial charge in [-0.05, 0) is 60.7 Å². The minimum Gasteiger partial charge on any atom is -0.367 e. The van der Waals surface area contributed by atoms with E-state index in [0.29, 0.717) is 10.5 Å². The number of thiophene rings is 1. The summed E-state index contributed by atoms with van der Waals surface area (Å²) >= 11 is 3.11. The van der Waals surface area contributed by atoms with E-state index in [1.165, 1.54) is 16.9 Å². The molecule has 0 atom stereocenters. The molecule has 0 amide bonds. The van der Waals surface area contributed by atoms with Crippen LogP contribution in [0.1, 0.15) is 23.7 Å². The lowest BCUT2D eigenvalue weighted by atomic mass is 10.1. The zero-order valence-electron chi connectivity index (χ0n) is 24.3. The smallest absolute Gasteiger partial charge is 0.297 e. The van der Waals surface area contributed by atoms with Crippen LogP contribution in [0.5, 0.6) is 0 Å². The van der Waals surface area contributed by atoms with Crippen LogP contribution in [0.3, 0.4) is 0 Å². The summed E-state index contributed by atoms with van der Waals surface area (Å²) in [5, 5.41) is 8.97. The van der Waals surface area contributed by atoms with Crippen molar-refractivity contribution in [3.05, 3.63) is 140 Å². The Morgan fingerprint density at radius 1 is 0.884 bits per heavy atom. The van der Waals surface area contributed by atoms with Crippen molar-refractivity contribution in [3.63, 3.8) is 0 Å². The molecule has 0 bridgehead atoms. The summed E-state index contributed by atoms with van der Waals surface area (Å²) in [5.41, 5.74) is 6.16. The van der Waals surface area contributed by atoms with Gasteiger partial charge in [-0.3, -0.25) is 9.48 Å². The largest absolute Gasteiger partial charge is 0.367 e. The molecule has 6 aromatic rings. The number of aromatic nitrogens is 3. The van der Waals surface area contributed by atoms with Crippen LogP contribution >= 0.6 is 22.7 Å². The number of thiazole rings is 1. The third-order valence-corrected chi connectivity index (χ3v) is 9.08. The van der Waals surface area contributed by atoms with Gasteiger partial charge in [0.25, 0.3) is 5.56 Å². The lowest BCUT2D eigenvalue weighted by Gasteiger charge is -2.23. The topological polar surface area (TPSA) is 59.8 Å². The third kappa shape index (κ3) is 5.95. The van der Waals surface area contributed by atoms with Gasteiger partial charge in [0.05, 0.1) is 28.2 Å². The molecule has 0 aliphatic rings. The molecule has 0 spiro atoms. The van der Waals surface area contributed by atoms with Gasteiger partial charge in [0, 0.05) is 31.2 Å². The van der Waals surface area contributed by atoms with E-state index >= 15 is 0 Å². The molecule has 0 aliphatic heterocycles. The van der Waals surface area contributed by atoms with Crippen molar-refractivity contribution in [2.24, 2.45) is 17.1 Å². The maximum Gasteiger partial charge on any atom is 0.297 e. The van der Waals surface area contributed by atoms with Gasteiger partial charge in [0.15, 0.2) is 5.69 Å². The minimum atomic E-state index is -0.167. The zero-order chi connectivity index (χ0) is 29.8. The van der Waals surface area contributed by atoms with E-state index in [1.807, 2.05) is 82.8 Å². The monoisotopic (exact) mass is 604 g/mol. The maximum absolute atomic E-state index is 13.6. The van der Waals surface area contributed by atoms with Crippen LogP contribution in [0.4, 0.5) is 11.4 Å². The van der Waals surface area contributed by atoms with Crippen molar-refractivity contribution in [3.8, 4) is 16.3 Å². The number of benzene rings is 3. The molecule has 0 fully saturated rings. The molecule has 0 radical (unpaired) electrons. The molecule has 9 heteroatoms. The average molecular weight is 605 g/mol. The Morgan fingerprint density at radius 2 is 1.60 bits per heavy atom. The van der Waals surface area contributed by atoms with Crippen molar-refractivity contribution < 1.29 is 0 Å². The first-order chi connectivity index (χ1) is 21.0. The molecule has 0 N–H and O–H groups in total. The van der Waals surface area contributed by atoms with E-state index in [1.54, 1.807) is 16.0 Å². The molecule has 0 saturated heterocycles. The van der Waals surface area contributed by atoms with Crippen LogP contribution in [0.25, 0.3) is 16.3 Å². The highest BCUT2D eigenvalue weighted by Gasteiger charge is 2.17. The van der Waals surface area contributed by atoms with Crippen molar-refractivity contribution in [2.45, 2.75) is 20.4 Å². The van der Waals surface area contributed by atoms with E-state index in [0.717, 1.165) is 46.3 Å². The van der Waals surface area contributed by atoms with Crippen LogP contribution in [0.15, 0.2) is 123 Å². The average Bonchev–Trinajstić information content (AvgIpc) is 3.76. The molecule has 3 aromatic heterocycles. The first-order valence-electron chi connectivity index (χ1n) is 14.1. The lowest BCUT2D eigenvalue weighted by molar-refractivity contribution is 0.630. The number of para-hydroxylation sites is 1. The van der Waals surface area contributed by atoms with E-state index in [-0.39, 0.29) is 5.56 Å². The number of hydrogen-bond acceptors (Lipinski definition) is 6. The number of rotatable bonds is 9. The Hall–Kier alpha value is -4.73. The Bertz CT molecular complexity index is 1960. The van der Waals surface area contributed by atoms with Gasteiger partial charge in [-0.2, -0.15) is 5.10 Å².